The number of morpholine rings is 1. The number of sulfonamides is 1. The maximum atomic E-state index is 12.6. The van der Waals surface area contributed by atoms with Gasteiger partial charge in [0.1, 0.15) is 16.3 Å². The summed E-state index contributed by atoms with van der Waals surface area (Å²) in [6.45, 7) is 3.29. The van der Waals surface area contributed by atoms with Crippen molar-refractivity contribution in [3.63, 3.8) is 0 Å². The fourth-order valence-electron chi connectivity index (χ4n) is 2.78. The molecule has 1 amide bonds. The van der Waals surface area contributed by atoms with Crippen molar-refractivity contribution in [3.05, 3.63) is 42.1 Å². The Bertz CT molecular complexity index is 822. The highest BCUT2D eigenvalue weighted by Crippen LogP contribution is 2.18. The van der Waals surface area contributed by atoms with Crippen LogP contribution in [0.15, 0.2) is 40.0 Å². The quantitative estimate of drug-likeness (QED) is 0.754. The van der Waals surface area contributed by atoms with Crippen LogP contribution in [0.1, 0.15) is 29.6 Å². The lowest BCUT2D eigenvalue weighted by Gasteiger charge is -2.25. The molecule has 142 valence electrons. The molecule has 0 aromatic carbocycles. The standard InChI is InChI=1S/C17H23N3O5S/c1-13(4-5-14-3-2-8-25-14)19-17(21)16-11-15(12-18-16)26(22,23)20-6-9-24-10-7-20/h2-3,8,11-13,18H,4-7,9-10H2,1H3,(H,19,21). The van der Waals surface area contributed by atoms with Crippen LogP contribution in [0, 0.1) is 0 Å². The van der Waals surface area contributed by atoms with Crippen LogP contribution in [-0.4, -0.2) is 56.0 Å². The predicted octanol–water partition coefficient (Wildman–Crippen LogP) is 1.38. The number of H-pyrrole nitrogens is 1. The second kappa shape index (κ2) is 8.07. The van der Waals surface area contributed by atoms with Crippen LogP contribution in [-0.2, 0) is 21.2 Å². The van der Waals surface area contributed by atoms with Crippen LogP contribution < -0.4 is 5.32 Å². The second-order valence-corrected chi connectivity index (χ2v) is 8.20. The topological polar surface area (TPSA) is 105 Å². The number of carbonyl (C=O) groups excluding carboxylic acids is 1. The normalized spacial score (nSPS) is 17.1. The third-order valence-electron chi connectivity index (χ3n) is 4.29. The largest absolute Gasteiger partial charge is 0.469 e. The SMILES string of the molecule is CC(CCc1ccco1)NC(=O)c1cc(S(=O)(=O)N2CCOCC2)c[nH]1. The number of hydrogen-bond acceptors (Lipinski definition) is 5. The minimum atomic E-state index is -3.61. The average molecular weight is 381 g/mol. The molecule has 0 bridgehead atoms. The number of nitrogens with zero attached hydrogens (tertiary/aromatic N) is 1. The molecule has 2 aromatic heterocycles. The van der Waals surface area contributed by atoms with E-state index < -0.39 is 10.0 Å². The summed E-state index contributed by atoms with van der Waals surface area (Å²) in [5.41, 5.74) is 0.224. The third-order valence-corrected chi connectivity index (χ3v) is 6.17. The molecule has 2 aromatic rings. The molecule has 1 unspecified atom stereocenters. The summed E-state index contributed by atoms with van der Waals surface area (Å²) in [7, 11) is -3.61. The van der Waals surface area contributed by atoms with Gasteiger partial charge in [-0.1, -0.05) is 0 Å². The van der Waals surface area contributed by atoms with Crippen LogP contribution in [0.25, 0.3) is 0 Å². The Kier molecular flexibility index (Phi) is 5.80. The first-order valence-electron chi connectivity index (χ1n) is 8.56. The minimum absolute atomic E-state index is 0.0739. The van der Waals surface area contributed by atoms with Crippen molar-refractivity contribution in [2.75, 3.05) is 26.3 Å². The summed E-state index contributed by atoms with van der Waals surface area (Å²) in [5.74, 6) is 0.533. The van der Waals surface area contributed by atoms with Gasteiger partial charge in [-0.25, -0.2) is 8.42 Å². The first-order chi connectivity index (χ1) is 12.5. The molecule has 0 radical (unpaired) electrons. The van der Waals surface area contributed by atoms with Gasteiger partial charge in [0.2, 0.25) is 10.0 Å². The number of nitrogens with one attached hydrogen (secondary N) is 2. The number of carbonyl (C=O) groups is 1. The van der Waals surface area contributed by atoms with Crippen LogP contribution in [0.5, 0.6) is 0 Å². The molecule has 1 atom stereocenters. The van der Waals surface area contributed by atoms with Crippen LogP contribution in [0.4, 0.5) is 0 Å². The van der Waals surface area contributed by atoms with E-state index >= 15 is 0 Å². The molecule has 0 saturated carbocycles. The van der Waals surface area contributed by atoms with Crippen molar-refractivity contribution in [2.45, 2.75) is 30.7 Å². The van der Waals surface area contributed by atoms with Gasteiger partial charge in [0, 0.05) is 31.7 Å². The van der Waals surface area contributed by atoms with Crippen molar-refractivity contribution in [3.8, 4) is 0 Å². The fraction of sp³-hybridized carbons (Fsp3) is 0.471. The molecule has 1 fully saturated rings. The molecular formula is C17H23N3O5S. The highest BCUT2D eigenvalue weighted by atomic mass is 32.2. The lowest BCUT2D eigenvalue weighted by molar-refractivity contribution is 0.0730. The number of aromatic amines is 1. The minimum Gasteiger partial charge on any atom is -0.469 e. The molecule has 9 heteroatoms. The first-order valence-corrected chi connectivity index (χ1v) is 10.0. The van der Waals surface area contributed by atoms with Crippen LogP contribution in [0.3, 0.4) is 0 Å². The van der Waals surface area contributed by atoms with Crippen molar-refractivity contribution >= 4 is 15.9 Å². The van der Waals surface area contributed by atoms with Crippen molar-refractivity contribution < 1.29 is 22.4 Å². The van der Waals surface area contributed by atoms with E-state index in [0.717, 1.165) is 18.6 Å². The number of ether oxygens (including phenoxy) is 1. The van der Waals surface area contributed by atoms with Crippen molar-refractivity contribution in [2.24, 2.45) is 0 Å². The number of furan rings is 1. The van der Waals surface area contributed by atoms with E-state index in [1.54, 1.807) is 6.26 Å². The van der Waals surface area contributed by atoms with E-state index in [1.165, 1.54) is 16.6 Å². The van der Waals surface area contributed by atoms with Gasteiger partial charge in [-0.15, -0.1) is 0 Å². The zero-order valence-electron chi connectivity index (χ0n) is 14.6. The highest BCUT2D eigenvalue weighted by molar-refractivity contribution is 7.89. The van der Waals surface area contributed by atoms with Crippen LogP contribution >= 0.6 is 0 Å². The Morgan fingerprint density at radius 1 is 1.38 bits per heavy atom. The third kappa shape index (κ3) is 4.35. The maximum Gasteiger partial charge on any atom is 0.267 e. The predicted molar refractivity (Wildman–Crippen MR) is 94.3 cm³/mol. The summed E-state index contributed by atoms with van der Waals surface area (Å²) in [5, 5.41) is 2.86. The maximum absolute atomic E-state index is 12.6. The lowest BCUT2D eigenvalue weighted by Crippen LogP contribution is -2.40. The summed E-state index contributed by atoms with van der Waals surface area (Å²) in [6.07, 6.45) is 4.41. The molecule has 0 spiro atoms. The van der Waals surface area contributed by atoms with Gasteiger partial charge >= 0.3 is 0 Å². The van der Waals surface area contributed by atoms with Gasteiger partial charge in [-0.2, -0.15) is 4.31 Å². The Morgan fingerprint density at radius 2 is 2.15 bits per heavy atom. The summed E-state index contributed by atoms with van der Waals surface area (Å²) in [4.78, 5) is 15.2. The number of amides is 1. The number of aromatic nitrogens is 1. The van der Waals surface area contributed by atoms with E-state index in [2.05, 4.69) is 10.3 Å². The van der Waals surface area contributed by atoms with Gasteiger partial charge in [0.25, 0.3) is 5.91 Å². The Morgan fingerprint density at radius 3 is 2.85 bits per heavy atom. The monoisotopic (exact) mass is 381 g/mol. The smallest absolute Gasteiger partial charge is 0.267 e. The van der Waals surface area contributed by atoms with Crippen LogP contribution in [0.2, 0.25) is 0 Å². The zero-order chi connectivity index (χ0) is 18.6. The van der Waals surface area contributed by atoms with Gasteiger partial charge in [-0.3, -0.25) is 4.79 Å². The Labute approximate surface area is 152 Å². The van der Waals surface area contributed by atoms with Gasteiger partial charge in [0.15, 0.2) is 0 Å². The van der Waals surface area contributed by atoms with E-state index in [-0.39, 0.29) is 22.5 Å². The Balaban J connectivity index is 1.58. The molecule has 26 heavy (non-hydrogen) atoms. The summed E-state index contributed by atoms with van der Waals surface area (Å²) >= 11 is 0. The zero-order valence-corrected chi connectivity index (χ0v) is 15.4. The van der Waals surface area contributed by atoms with Gasteiger partial charge in [-0.05, 0) is 31.5 Å². The number of aryl methyl sites for hydroxylation is 1. The van der Waals surface area contributed by atoms with Crippen molar-refractivity contribution in [1.29, 1.82) is 0 Å². The van der Waals surface area contributed by atoms with Gasteiger partial charge in [0.05, 0.1) is 19.5 Å². The number of hydrogen-bond donors (Lipinski definition) is 2. The van der Waals surface area contributed by atoms with Gasteiger partial charge < -0.3 is 19.5 Å². The van der Waals surface area contributed by atoms with E-state index in [4.69, 9.17) is 9.15 Å². The van der Waals surface area contributed by atoms with E-state index in [1.807, 2.05) is 19.1 Å². The van der Waals surface area contributed by atoms with Crippen molar-refractivity contribution in [1.82, 2.24) is 14.6 Å². The molecule has 3 heterocycles. The first kappa shape index (κ1) is 18.7. The van der Waals surface area contributed by atoms with E-state index in [9.17, 15) is 13.2 Å². The average Bonchev–Trinajstić information content (AvgIpc) is 3.33. The lowest BCUT2D eigenvalue weighted by atomic mass is 10.1. The highest BCUT2D eigenvalue weighted by Gasteiger charge is 2.28. The molecule has 3 rings (SSSR count). The van der Waals surface area contributed by atoms with E-state index in [0.29, 0.717) is 26.3 Å². The summed E-state index contributed by atoms with van der Waals surface area (Å²) < 4.78 is 37.0. The molecule has 1 aliphatic heterocycles. The molecular weight excluding hydrogens is 358 g/mol. The molecule has 1 aliphatic rings. The Hall–Kier alpha value is -2.10. The number of rotatable bonds is 7. The molecule has 0 aliphatic carbocycles. The molecule has 8 nitrogen and oxygen atoms in total. The fourth-order valence-corrected chi connectivity index (χ4v) is 4.18. The molecule has 1 saturated heterocycles. The molecule has 2 N–H and O–H groups in total. The summed E-state index contributed by atoms with van der Waals surface area (Å²) in [6, 6.07) is 5.02. The second-order valence-electron chi connectivity index (χ2n) is 6.26.